The molecule has 0 amide bonds. The Morgan fingerprint density at radius 1 is 1.26 bits per heavy atom. The standard InChI is InChI=1S/C14H17ClF2O2/c1-18-9-6-11(16)13(12(17)7-9)10(15)8-14(19-2)4-3-5-14/h6-7,10H,3-5,8H2,1-2H3. The third-order valence-electron chi connectivity index (χ3n) is 3.85. The minimum absolute atomic E-state index is 0.106. The average molecular weight is 291 g/mol. The molecule has 1 aromatic rings. The number of rotatable bonds is 5. The van der Waals surface area contributed by atoms with Gasteiger partial charge in [0.05, 0.1) is 18.1 Å². The van der Waals surface area contributed by atoms with Crippen LogP contribution in [0.2, 0.25) is 0 Å². The van der Waals surface area contributed by atoms with Crippen LogP contribution in [0.5, 0.6) is 5.75 Å². The molecule has 1 atom stereocenters. The van der Waals surface area contributed by atoms with E-state index in [1.807, 2.05) is 0 Å². The van der Waals surface area contributed by atoms with E-state index < -0.39 is 17.0 Å². The van der Waals surface area contributed by atoms with E-state index in [0.717, 1.165) is 31.4 Å². The molecule has 0 bridgehead atoms. The van der Waals surface area contributed by atoms with Crippen LogP contribution in [0.25, 0.3) is 0 Å². The smallest absolute Gasteiger partial charge is 0.134 e. The number of methoxy groups -OCH3 is 2. The first-order chi connectivity index (χ1) is 9.01. The molecule has 0 N–H and O–H groups in total. The second kappa shape index (κ2) is 5.63. The van der Waals surface area contributed by atoms with Crippen LogP contribution in [0.15, 0.2) is 12.1 Å². The SMILES string of the molecule is COc1cc(F)c(C(Cl)CC2(OC)CCC2)c(F)c1. The molecule has 0 radical (unpaired) electrons. The van der Waals surface area contributed by atoms with Crippen LogP contribution in [0.4, 0.5) is 8.78 Å². The molecule has 1 aliphatic carbocycles. The molecule has 0 spiro atoms. The first-order valence-corrected chi connectivity index (χ1v) is 6.67. The summed E-state index contributed by atoms with van der Waals surface area (Å²) in [5.74, 6) is -1.21. The Kier molecular flexibility index (Phi) is 4.31. The van der Waals surface area contributed by atoms with Gasteiger partial charge in [-0.2, -0.15) is 0 Å². The number of halogens is 3. The summed E-state index contributed by atoms with van der Waals surface area (Å²) in [5, 5.41) is -0.744. The van der Waals surface area contributed by atoms with E-state index in [9.17, 15) is 8.78 Å². The lowest BCUT2D eigenvalue weighted by Gasteiger charge is -2.41. The highest BCUT2D eigenvalue weighted by molar-refractivity contribution is 6.20. The van der Waals surface area contributed by atoms with Crippen molar-refractivity contribution in [3.63, 3.8) is 0 Å². The van der Waals surface area contributed by atoms with Gasteiger partial charge >= 0.3 is 0 Å². The molecule has 5 heteroatoms. The summed E-state index contributed by atoms with van der Waals surface area (Å²) in [6, 6.07) is 2.29. The van der Waals surface area contributed by atoms with Gasteiger partial charge in [0.25, 0.3) is 0 Å². The number of hydrogen-bond donors (Lipinski definition) is 0. The molecule has 1 saturated carbocycles. The van der Waals surface area contributed by atoms with E-state index in [-0.39, 0.29) is 16.9 Å². The quantitative estimate of drug-likeness (QED) is 0.756. The Hall–Kier alpha value is -0.870. The van der Waals surface area contributed by atoms with Gasteiger partial charge in [-0.05, 0) is 25.7 Å². The first-order valence-electron chi connectivity index (χ1n) is 6.23. The molecule has 0 heterocycles. The van der Waals surface area contributed by atoms with Gasteiger partial charge in [0.2, 0.25) is 0 Å². The summed E-state index contributed by atoms with van der Waals surface area (Å²) in [6.07, 6.45) is 3.23. The third kappa shape index (κ3) is 2.84. The van der Waals surface area contributed by atoms with Gasteiger partial charge in [0, 0.05) is 24.8 Å². The molecule has 106 valence electrons. The van der Waals surface area contributed by atoms with Crippen LogP contribution in [0, 0.1) is 11.6 Å². The Balaban J connectivity index is 2.21. The molecule has 2 nitrogen and oxygen atoms in total. The number of hydrogen-bond acceptors (Lipinski definition) is 2. The molecule has 1 aliphatic rings. The van der Waals surface area contributed by atoms with Gasteiger partial charge in [-0.15, -0.1) is 11.6 Å². The van der Waals surface area contributed by atoms with Gasteiger partial charge in [-0.25, -0.2) is 8.78 Å². The molecule has 1 aromatic carbocycles. The summed E-state index contributed by atoms with van der Waals surface area (Å²) >= 11 is 6.19. The van der Waals surface area contributed by atoms with Crippen molar-refractivity contribution in [3.05, 3.63) is 29.3 Å². The summed E-state index contributed by atoms with van der Waals surface area (Å²) in [7, 11) is 2.98. The van der Waals surface area contributed by atoms with Crippen molar-refractivity contribution < 1.29 is 18.3 Å². The fraction of sp³-hybridized carbons (Fsp3) is 0.571. The maximum absolute atomic E-state index is 13.9. The molecule has 1 unspecified atom stereocenters. The predicted octanol–water partition coefficient (Wildman–Crippen LogP) is 4.21. The van der Waals surface area contributed by atoms with Crippen LogP contribution in [0.1, 0.15) is 36.6 Å². The lowest BCUT2D eigenvalue weighted by atomic mass is 9.76. The molecular formula is C14H17ClF2O2. The third-order valence-corrected chi connectivity index (χ3v) is 4.22. The molecule has 19 heavy (non-hydrogen) atoms. The minimum atomic E-state index is -0.744. The summed E-state index contributed by atoms with van der Waals surface area (Å²) in [5.41, 5.74) is -0.434. The van der Waals surface area contributed by atoms with E-state index in [0.29, 0.717) is 6.42 Å². The molecule has 1 fully saturated rings. The molecule has 0 saturated heterocycles. The molecule has 2 rings (SSSR count). The number of alkyl halides is 1. The second-order valence-electron chi connectivity index (χ2n) is 4.92. The van der Waals surface area contributed by atoms with Crippen LogP contribution < -0.4 is 4.74 Å². The average Bonchev–Trinajstić information content (AvgIpc) is 2.32. The van der Waals surface area contributed by atoms with Crippen LogP contribution in [-0.4, -0.2) is 19.8 Å². The van der Waals surface area contributed by atoms with Crippen LogP contribution in [0.3, 0.4) is 0 Å². The fourth-order valence-corrected chi connectivity index (χ4v) is 2.96. The van der Waals surface area contributed by atoms with Gasteiger partial charge in [0.15, 0.2) is 0 Å². The van der Waals surface area contributed by atoms with Crippen LogP contribution in [-0.2, 0) is 4.74 Å². The predicted molar refractivity (Wildman–Crippen MR) is 69.7 cm³/mol. The van der Waals surface area contributed by atoms with Crippen molar-refractivity contribution in [2.75, 3.05) is 14.2 Å². The van der Waals surface area contributed by atoms with E-state index in [4.69, 9.17) is 21.1 Å². The molecule has 0 aromatic heterocycles. The normalized spacial score (nSPS) is 18.8. The highest BCUT2D eigenvalue weighted by Crippen LogP contribution is 2.45. The fourth-order valence-electron chi connectivity index (χ4n) is 2.47. The summed E-state index contributed by atoms with van der Waals surface area (Å²) < 4.78 is 38.1. The van der Waals surface area contributed by atoms with Crippen molar-refractivity contribution in [3.8, 4) is 5.75 Å². The Morgan fingerprint density at radius 3 is 2.21 bits per heavy atom. The Morgan fingerprint density at radius 2 is 1.84 bits per heavy atom. The highest BCUT2D eigenvalue weighted by atomic mass is 35.5. The first kappa shape index (κ1) is 14.5. The lowest BCUT2D eigenvalue weighted by molar-refractivity contribution is -0.0782. The van der Waals surface area contributed by atoms with Crippen molar-refractivity contribution in [1.82, 2.24) is 0 Å². The van der Waals surface area contributed by atoms with E-state index in [1.165, 1.54) is 7.11 Å². The van der Waals surface area contributed by atoms with Gasteiger partial charge in [-0.3, -0.25) is 0 Å². The maximum atomic E-state index is 13.9. The maximum Gasteiger partial charge on any atom is 0.134 e. The second-order valence-corrected chi connectivity index (χ2v) is 5.44. The van der Waals surface area contributed by atoms with Crippen molar-refractivity contribution >= 4 is 11.6 Å². The van der Waals surface area contributed by atoms with E-state index in [1.54, 1.807) is 7.11 Å². The van der Waals surface area contributed by atoms with Crippen LogP contribution >= 0.6 is 11.6 Å². The number of ether oxygens (including phenoxy) is 2. The minimum Gasteiger partial charge on any atom is -0.497 e. The molecular weight excluding hydrogens is 274 g/mol. The zero-order chi connectivity index (χ0) is 14.0. The highest BCUT2D eigenvalue weighted by Gasteiger charge is 2.40. The lowest BCUT2D eigenvalue weighted by Crippen LogP contribution is -2.40. The van der Waals surface area contributed by atoms with Gasteiger partial charge < -0.3 is 9.47 Å². The van der Waals surface area contributed by atoms with Crippen molar-refractivity contribution in [2.24, 2.45) is 0 Å². The van der Waals surface area contributed by atoms with E-state index in [2.05, 4.69) is 0 Å². The monoisotopic (exact) mass is 290 g/mol. The Bertz CT molecular complexity index is 432. The molecule has 0 aliphatic heterocycles. The summed E-state index contributed by atoms with van der Waals surface area (Å²) in [4.78, 5) is 0. The number of benzene rings is 1. The van der Waals surface area contributed by atoms with Crippen molar-refractivity contribution in [2.45, 2.75) is 36.7 Å². The van der Waals surface area contributed by atoms with Crippen molar-refractivity contribution in [1.29, 1.82) is 0 Å². The topological polar surface area (TPSA) is 18.5 Å². The summed E-state index contributed by atoms with van der Waals surface area (Å²) in [6.45, 7) is 0. The Labute approximate surface area is 116 Å². The largest absolute Gasteiger partial charge is 0.497 e. The zero-order valence-corrected chi connectivity index (χ0v) is 11.8. The zero-order valence-electron chi connectivity index (χ0n) is 11.0. The van der Waals surface area contributed by atoms with Gasteiger partial charge in [0.1, 0.15) is 17.4 Å². The van der Waals surface area contributed by atoms with E-state index >= 15 is 0 Å². The van der Waals surface area contributed by atoms with Gasteiger partial charge in [-0.1, -0.05) is 0 Å².